The number of hydrogen-bond donors (Lipinski definition) is 2. The van der Waals surface area contributed by atoms with Gasteiger partial charge in [0.05, 0.1) is 11.5 Å². The molecule has 4 rings (SSSR count). The van der Waals surface area contributed by atoms with Crippen molar-refractivity contribution in [3.8, 4) is 0 Å². The summed E-state index contributed by atoms with van der Waals surface area (Å²) in [6.45, 7) is 8.57. The van der Waals surface area contributed by atoms with E-state index in [1.165, 1.54) is 12.0 Å². The van der Waals surface area contributed by atoms with E-state index in [1.54, 1.807) is 0 Å². The minimum atomic E-state index is -0.679. The van der Waals surface area contributed by atoms with Crippen LogP contribution in [0, 0.1) is 34.0 Å². The van der Waals surface area contributed by atoms with Gasteiger partial charge in [0.15, 0.2) is 0 Å². The van der Waals surface area contributed by atoms with Crippen molar-refractivity contribution < 1.29 is 15.0 Å². The fourth-order valence-corrected chi connectivity index (χ4v) is 7.51. The van der Waals surface area contributed by atoms with Gasteiger partial charge in [-0.2, -0.15) is 0 Å². The van der Waals surface area contributed by atoms with Gasteiger partial charge in [-0.15, -0.1) is 0 Å². The van der Waals surface area contributed by atoms with Gasteiger partial charge < -0.3 is 10.2 Å². The van der Waals surface area contributed by atoms with Crippen molar-refractivity contribution in [2.75, 3.05) is 0 Å². The van der Waals surface area contributed by atoms with Crippen LogP contribution in [-0.4, -0.2) is 22.3 Å². The highest BCUT2D eigenvalue weighted by Crippen LogP contribution is 2.72. The molecule has 0 saturated heterocycles. The van der Waals surface area contributed by atoms with E-state index in [1.807, 2.05) is 6.92 Å². The van der Waals surface area contributed by atoms with E-state index in [0.717, 1.165) is 38.5 Å². The normalized spacial score (nSPS) is 55.2. The Morgan fingerprint density at radius 2 is 1.96 bits per heavy atom. The van der Waals surface area contributed by atoms with Crippen LogP contribution in [-0.2, 0) is 4.79 Å². The lowest BCUT2D eigenvalue weighted by Gasteiger charge is -2.64. The van der Waals surface area contributed by atoms with Crippen molar-refractivity contribution >= 4 is 5.97 Å². The van der Waals surface area contributed by atoms with Gasteiger partial charge in [0.1, 0.15) is 0 Å². The Kier molecular flexibility index (Phi) is 3.15. The molecule has 4 saturated carbocycles. The third-order valence-corrected chi connectivity index (χ3v) is 8.64. The van der Waals surface area contributed by atoms with E-state index >= 15 is 0 Å². The first-order valence-electron chi connectivity index (χ1n) is 9.33. The third kappa shape index (κ3) is 1.78. The number of rotatable bonds is 1. The summed E-state index contributed by atoms with van der Waals surface area (Å²) >= 11 is 0. The van der Waals surface area contributed by atoms with Crippen LogP contribution in [0.4, 0.5) is 0 Å². The first-order valence-corrected chi connectivity index (χ1v) is 9.33. The Labute approximate surface area is 139 Å². The van der Waals surface area contributed by atoms with Crippen LogP contribution >= 0.6 is 0 Å². The zero-order valence-electron chi connectivity index (χ0n) is 14.5. The van der Waals surface area contributed by atoms with Crippen LogP contribution in [0.2, 0.25) is 0 Å². The molecule has 0 heterocycles. The molecule has 4 aliphatic rings. The van der Waals surface area contributed by atoms with Crippen LogP contribution in [0.15, 0.2) is 12.2 Å². The molecule has 4 fully saturated rings. The lowest BCUT2D eigenvalue weighted by molar-refractivity contribution is -0.208. The third-order valence-electron chi connectivity index (χ3n) is 8.64. The van der Waals surface area contributed by atoms with Crippen molar-refractivity contribution in [2.45, 2.75) is 71.3 Å². The molecule has 128 valence electrons. The first-order chi connectivity index (χ1) is 10.7. The standard InChI is InChI=1S/C20H30O3/c1-12-10-20-11-13(12)5-6-14(20)18(2)7-4-8-19(3,17(22)23)15(18)9-16(20)21/h13-16,21H,1,4-11H2,2-3H3,(H,22,23)/t13-,14-,15-,16-,18-,19-,20-/m0/s1. The van der Waals surface area contributed by atoms with Gasteiger partial charge in [0, 0.05) is 5.41 Å². The molecule has 0 amide bonds. The molecule has 7 atom stereocenters. The lowest BCUT2D eigenvalue weighted by atomic mass is 9.40. The molecular formula is C20H30O3. The number of allylic oxidation sites excluding steroid dienone is 1. The largest absolute Gasteiger partial charge is 0.481 e. The number of hydrogen-bond acceptors (Lipinski definition) is 2. The van der Waals surface area contributed by atoms with E-state index < -0.39 is 11.4 Å². The van der Waals surface area contributed by atoms with E-state index in [9.17, 15) is 15.0 Å². The zero-order chi connectivity index (χ0) is 16.6. The number of carbonyl (C=O) groups is 1. The average molecular weight is 318 g/mol. The number of aliphatic hydroxyl groups is 1. The van der Waals surface area contributed by atoms with Gasteiger partial charge in [-0.05, 0) is 75.0 Å². The highest BCUT2D eigenvalue weighted by atomic mass is 16.4. The molecule has 0 aromatic heterocycles. The minimum absolute atomic E-state index is 0.0119. The fraction of sp³-hybridized carbons (Fsp3) is 0.850. The molecule has 3 heteroatoms. The first kappa shape index (κ1) is 15.7. The highest BCUT2D eigenvalue weighted by molar-refractivity contribution is 5.75. The molecule has 0 aromatic rings. The molecule has 4 aliphatic carbocycles. The topological polar surface area (TPSA) is 57.5 Å². The molecule has 0 unspecified atom stereocenters. The molecule has 2 N–H and O–H groups in total. The Morgan fingerprint density at radius 3 is 2.65 bits per heavy atom. The quantitative estimate of drug-likeness (QED) is 0.718. The van der Waals surface area contributed by atoms with E-state index in [2.05, 4.69) is 13.5 Å². The second-order valence-electron chi connectivity index (χ2n) is 9.49. The van der Waals surface area contributed by atoms with Crippen LogP contribution < -0.4 is 0 Å². The Bertz CT molecular complexity index is 569. The van der Waals surface area contributed by atoms with Crippen molar-refractivity contribution in [3.05, 3.63) is 12.2 Å². The Hall–Kier alpha value is -0.830. The van der Waals surface area contributed by atoms with Crippen LogP contribution in [0.5, 0.6) is 0 Å². The Morgan fingerprint density at radius 1 is 1.22 bits per heavy atom. The minimum Gasteiger partial charge on any atom is -0.481 e. The maximum atomic E-state index is 12.1. The molecule has 0 aliphatic heterocycles. The predicted molar refractivity (Wildman–Crippen MR) is 88.8 cm³/mol. The summed E-state index contributed by atoms with van der Waals surface area (Å²) in [6, 6.07) is 0. The highest BCUT2D eigenvalue weighted by Gasteiger charge is 2.67. The monoisotopic (exact) mass is 318 g/mol. The summed E-state index contributed by atoms with van der Waals surface area (Å²) in [7, 11) is 0. The molecule has 0 radical (unpaired) electrons. The number of fused-ring (bicyclic) bond motifs is 3. The van der Waals surface area contributed by atoms with Gasteiger partial charge in [-0.3, -0.25) is 4.79 Å². The summed E-state index contributed by atoms with van der Waals surface area (Å²) in [5.41, 5.74) is 0.704. The van der Waals surface area contributed by atoms with Gasteiger partial charge in [0.25, 0.3) is 0 Å². The smallest absolute Gasteiger partial charge is 0.309 e. The molecule has 1 spiro atoms. The molecular weight excluding hydrogens is 288 g/mol. The van der Waals surface area contributed by atoms with Gasteiger partial charge in [0.2, 0.25) is 0 Å². The van der Waals surface area contributed by atoms with Crippen molar-refractivity contribution in [1.82, 2.24) is 0 Å². The van der Waals surface area contributed by atoms with Crippen molar-refractivity contribution in [1.29, 1.82) is 0 Å². The zero-order valence-corrected chi connectivity index (χ0v) is 14.5. The molecule has 0 aromatic carbocycles. The summed E-state index contributed by atoms with van der Waals surface area (Å²) in [4.78, 5) is 12.1. The fourth-order valence-electron chi connectivity index (χ4n) is 7.51. The van der Waals surface area contributed by atoms with E-state index in [0.29, 0.717) is 18.3 Å². The Balaban J connectivity index is 1.80. The number of carboxylic acids is 1. The molecule has 2 bridgehead atoms. The average Bonchev–Trinajstić information content (AvgIpc) is 2.73. The van der Waals surface area contributed by atoms with Crippen LogP contribution in [0.1, 0.15) is 65.2 Å². The van der Waals surface area contributed by atoms with Gasteiger partial charge in [-0.1, -0.05) is 25.5 Å². The number of aliphatic carboxylic acids is 1. The maximum Gasteiger partial charge on any atom is 0.309 e. The van der Waals surface area contributed by atoms with Crippen LogP contribution in [0.3, 0.4) is 0 Å². The van der Waals surface area contributed by atoms with Crippen molar-refractivity contribution in [3.63, 3.8) is 0 Å². The summed E-state index contributed by atoms with van der Waals surface area (Å²) in [5, 5.41) is 21.0. The summed E-state index contributed by atoms with van der Waals surface area (Å²) < 4.78 is 0. The second kappa shape index (κ2) is 4.62. The maximum absolute atomic E-state index is 12.1. The predicted octanol–water partition coefficient (Wildman–Crippen LogP) is 4.01. The number of aliphatic hydroxyl groups excluding tert-OH is 1. The van der Waals surface area contributed by atoms with E-state index in [-0.39, 0.29) is 22.9 Å². The SMILES string of the molecule is C=C1C[C@]23C[C@@H]1CC[C@H]2[C@]1(C)CCC[C@](C)(C(=O)O)[C@H]1C[C@@H]3O. The molecule has 23 heavy (non-hydrogen) atoms. The van der Waals surface area contributed by atoms with Crippen LogP contribution in [0.25, 0.3) is 0 Å². The number of carboxylic acid groups (broad SMARTS) is 1. The van der Waals surface area contributed by atoms with Gasteiger partial charge in [-0.25, -0.2) is 0 Å². The van der Waals surface area contributed by atoms with E-state index in [4.69, 9.17) is 0 Å². The molecule has 3 nitrogen and oxygen atoms in total. The lowest BCUT2D eigenvalue weighted by Crippen LogP contribution is -2.62. The van der Waals surface area contributed by atoms with Gasteiger partial charge >= 0.3 is 5.97 Å². The summed E-state index contributed by atoms with van der Waals surface area (Å²) in [6.07, 6.45) is 7.57. The second-order valence-corrected chi connectivity index (χ2v) is 9.49. The van der Waals surface area contributed by atoms with Crippen molar-refractivity contribution in [2.24, 2.45) is 34.0 Å². The summed E-state index contributed by atoms with van der Waals surface area (Å²) in [5.74, 6) is 0.479.